The third-order valence-corrected chi connectivity index (χ3v) is 2.66. The first kappa shape index (κ1) is 13.4. The smallest absolute Gasteiger partial charge is 0.119 e. The molecule has 90 valence electrons. The van der Waals surface area contributed by atoms with Crippen molar-refractivity contribution in [1.29, 1.82) is 0 Å². The van der Waals surface area contributed by atoms with Crippen molar-refractivity contribution in [3.8, 4) is 5.75 Å². The summed E-state index contributed by atoms with van der Waals surface area (Å²) in [6.07, 6.45) is 0. The molecule has 0 heterocycles. The van der Waals surface area contributed by atoms with E-state index in [1.807, 2.05) is 38.1 Å². The molecule has 1 aromatic carbocycles. The van der Waals surface area contributed by atoms with Crippen molar-refractivity contribution in [2.45, 2.75) is 13.8 Å². The van der Waals surface area contributed by atoms with Gasteiger partial charge in [0.25, 0.3) is 0 Å². The Labute approximate surface area is 99.0 Å². The summed E-state index contributed by atoms with van der Waals surface area (Å²) < 4.78 is 16.0. The maximum absolute atomic E-state index is 5.43. The van der Waals surface area contributed by atoms with E-state index < -0.39 is 0 Å². The van der Waals surface area contributed by atoms with Gasteiger partial charge in [-0.3, -0.25) is 0 Å². The molecule has 0 saturated carbocycles. The number of benzene rings is 1. The molecule has 0 unspecified atom stereocenters. The minimum absolute atomic E-state index is 0.628. The number of ether oxygens (including phenoxy) is 2. The molecule has 0 aliphatic rings. The molecule has 0 aliphatic carbocycles. The van der Waals surface area contributed by atoms with Crippen molar-refractivity contribution < 1.29 is 14.0 Å². The summed E-state index contributed by atoms with van der Waals surface area (Å²) in [6.45, 7) is 6.67. The zero-order valence-corrected chi connectivity index (χ0v) is 10.7. The SMILES string of the molecule is CCOCCO[P-]c1ccc(OCC)cc1. The summed E-state index contributed by atoms with van der Waals surface area (Å²) in [6, 6.07) is 7.93. The fourth-order valence-electron chi connectivity index (χ4n) is 1.13. The van der Waals surface area contributed by atoms with Gasteiger partial charge >= 0.3 is 0 Å². The van der Waals surface area contributed by atoms with Crippen LogP contribution in [0, 0.1) is 0 Å². The molecule has 0 fully saturated rings. The van der Waals surface area contributed by atoms with Crippen molar-refractivity contribution in [2.75, 3.05) is 26.4 Å². The van der Waals surface area contributed by atoms with Crippen LogP contribution in [0.15, 0.2) is 24.3 Å². The molecule has 1 aromatic rings. The molecule has 0 aliphatic heterocycles. The molecule has 0 amide bonds. The van der Waals surface area contributed by atoms with E-state index in [1.165, 1.54) is 0 Å². The quantitative estimate of drug-likeness (QED) is 0.517. The maximum atomic E-state index is 5.43. The van der Waals surface area contributed by atoms with Crippen molar-refractivity contribution in [1.82, 2.24) is 0 Å². The first-order chi connectivity index (χ1) is 7.86. The fraction of sp³-hybridized carbons (Fsp3) is 0.500. The summed E-state index contributed by atoms with van der Waals surface area (Å²) in [4.78, 5) is 0. The van der Waals surface area contributed by atoms with Crippen LogP contribution in [0.25, 0.3) is 0 Å². The van der Waals surface area contributed by atoms with Gasteiger partial charge in [-0.2, -0.15) is 5.30 Å². The second-order valence-electron chi connectivity index (χ2n) is 3.05. The van der Waals surface area contributed by atoms with Crippen LogP contribution in [0.2, 0.25) is 0 Å². The lowest BCUT2D eigenvalue weighted by atomic mass is 10.3. The van der Waals surface area contributed by atoms with E-state index in [4.69, 9.17) is 14.0 Å². The highest BCUT2D eigenvalue weighted by atomic mass is 31.1. The maximum Gasteiger partial charge on any atom is 0.119 e. The summed E-state index contributed by atoms with van der Waals surface area (Å²) in [7, 11) is 0.870. The molecule has 0 saturated heterocycles. The lowest BCUT2D eigenvalue weighted by Crippen LogP contribution is -2.02. The molecular formula is C12H18O3P-. The molecule has 0 bridgehead atoms. The van der Waals surface area contributed by atoms with E-state index in [1.54, 1.807) is 0 Å². The Kier molecular flexibility index (Phi) is 7.15. The minimum Gasteiger partial charge on any atom is -0.551 e. The Hall–Kier alpha value is -0.630. The molecule has 16 heavy (non-hydrogen) atoms. The van der Waals surface area contributed by atoms with Gasteiger partial charge in [0.1, 0.15) is 5.75 Å². The van der Waals surface area contributed by atoms with Crippen LogP contribution < -0.4 is 10.0 Å². The predicted octanol–water partition coefficient (Wildman–Crippen LogP) is 2.62. The van der Waals surface area contributed by atoms with Crippen LogP contribution in [0.5, 0.6) is 5.75 Å². The van der Waals surface area contributed by atoms with Crippen molar-refractivity contribution in [3.05, 3.63) is 24.3 Å². The summed E-state index contributed by atoms with van der Waals surface area (Å²) in [5.41, 5.74) is 0. The molecule has 4 heteroatoms. The van der Waals surface area contributed by atoms with Gasteiger partial charge in [-0.15, -0.1) is 0 Å². The van der Waals surface area contributed by atoms with Gasteiger partial charge in [-0.1, -0.05) is 12.1 Å². The molecule has 0 spiro atoms. The van der Waals surface area contributed by atoms with Crippen LogP contribution in [0.3, 0.4) is 0 Å². The highest BCUT2D eigenvalue weighted by Crippen LogP contribution is 2.15. The number of hydrogen-bond acceptors (Lipinski definition) is 3. The second kappa shape index (κ2) is 8.51. The van der Waals surface area contributed by atoms with E-state index in [0.29, 0.717) is 19.8 Å². The standard InChI is InChI=1S/C12H18O3P/c1-3-13-9-10-15-16-12-7-5-11(6-8-12)14-4-2/h5-8H,3-4,9-10H2,1-2H3/q-1. The molecular weight excluding hydrogens is 223 g/mol. The Morgan fingerprint density at radius 1 is 1.00 bits per heavy atom. The second-order valence-corrected chi connectivity index (χ2v) is 4.01. The van der Waals surface area contributed by atoms with Gasteiger partial charge in [0.05, 0.1) is 13.2 Å². The first-order valence-electron chi connectivity index (χ1n) is 5.50. The van der Waals surface area contributed by atoms with E-state index >= 15 is 0 Å². The van der Waals surface area contributed by atoms with E-state index in [9.17, 15) is 0 Å². The highest BCUT2D eigenvalue weighted by Gasteiger charge is 1.88. The molecule has 0 atom stereocenters. The third-order valence-electron chi connectivity index (χ3n) is 1.84. The Balaban J connectivity index is 2.21. The van der Waals surface area contributed by atoms with Crippen LogP contribution in [0.1, 0.15) is 13.8 Å². The third kappa shape index (κ3) is 5.45. The van der Waals surface area contributed by atoms with Gasteiger partial charge in [-0.25, -0.2) is 0 Å². The lowest BCUT2D eigenvalue weighted by molar-refractivity contribution is 0.116. The summed E-state index contributed by atoms with van der Waals surface area (Å²) >= 11 is 0. The predicted molar refractivity (Wildman–Crippen MR) is 66.6 cm³/mol. The molecule has 0 radical (unpaired) electrons. The summed E-state index contributed by atoms with van der Waals surface area (Å²) in [5, 5.41) is 1.12. The monoisotopic (exact) mass is 241 g/mol. The first-order valence-corrected chi connectivity index (χ1v) is 6.31. The Bertz CT molecular complexity index is 274. The highest BCUT2D eigenvalue weighted by molar-refractivity contribution is 7.41. The van der Waals surface area contributed by atoms with E-state index in [-0.39, 0.29) is 0 Å². The normalized spacial score (nSPS) is 11.1. The zero-order valence-electron chi connectivity index (χ0n) is 9.81. The molecule has 3 nitrogen and oxygen atoms in total. The average molecular weight is 241 g/mol. The number of rotatable bonds is 8. The fourth-order valence-corrected chi connectivity index (χ4v) is 1.72. The van der Waals surface area contributed by atoms with Crippen molar-refractivity contribution in [2.24, 2.45) is 0 Å². The van der Waals surface area contributed by atoms with Gasteiger partial charge in [-0.05, 0) is 26.0 Å². The van der Waals surface area contributed by atoms with Gasteiger partial charge in [0, 0.05) is 13.2 Å². The minimum atomic E-state index is 0.628. The largest absolute Gasteiger partial charge is 0.551 e. The molecule has 1 rings (SSSR count). The van der Waals surface area contributed by atoms with Gasteiger partial charge < -0.3 is 22.8 Å². The van der Waals surface area contributed by atoms with Crippen molar-refractivity contribution in [3.63, 3.8) is 0 Å². The molecule has 0 N–H and O–H groups in total. The molecule has 0 aromatic heterocycles. The van der Waals surface area contributed by atoms with Gasteiger partial charge in [0.15, 0.2) is 0 Å². The van der Waals surface area contributed by atoms with Crippen molar-refractivity contribution >= 4 is 14.1 Å². The van der Waals surface area contributed by atoms with Crippen LogP contribution >= 0.6 is 8.81 Å². The van der Waals surface area contributed by atoms with E-state index in [0.717, 1.165) is 26.5 Å². The van der Waals surface area contributed by atoms with Crippen LogP contribution in [-0.4, -0.2) is 26.4 Å². The van der Waals surface area contributed by atoms with E-state index in [2.05, 4.69) is 0 Å². The average Bonchev–Trinajstić information content (AvgIpc) is 2.31. The topological polar surface area (TPSA) is 27.7 Å². The lowest BCUT2D eigenvalue weighted by Gasteiger charge is -2.20. The Morgan fingerprint density at radius 3 is 2.38 bits per heavy atom. The van der Waals surface area contributed by atoms with Gasteiger partial charge in [0.2, 0.25) is 0 Å². The summed E-state index contributed by atoms with van der Waals surface area (Å²) in [5.74, 6) is 0.899. The van der Waals surface area contributed by atoms with Crippen LogP contribution in [-0.2, 0) is 9.26 Å². The zero-order chi connectivity index (χ0) is 11.6. The number of hydrogen-bond donors (Lipinski definition) is 0. The Morgan fingerprint density at radius 2 is 1.75 bits per heavy atom. The van der Waals surface area contributed by atoms with Crippen LogP contribution in [0.4, 0.5) is 0 Å².